The number of carbonyl (C=O) groups excluding carboxylic acids is 2. The van der Waals surface area contributed by atoms with Gasteiger partial charge >= 0.3 is 5.97 Å². The first-order valence-corrected chi connectivity index (χ1v) is 4.89. The van der Waals surface area contributed by atoms with Gasteiger partial charge in [0.25, 0.3) is 0 Å². The van der Waals surface area contributed by atoms with Crippen LogP contribution in [0.2, 0.25) is 0 Å². The topological polar surface area (TPSA) is 48.3 Å². The van der Waals surface area contributed by atoms with Gasteiger partial charge in [-0.05, 0) is 18.1 Å². The Hall–Kier alpha value is -1.58. The van der Waals surface area contributed by atoms with Crippen LogP contribution < -0.4 is 0 Å². The zero-order chi connectivity index (χ0) is 11.3. The van der Waals surface area contributed by atoms with E-state index in [9.17, 15) is 9.59 Å². The van der Waals surface area contributed by atoms with Crippen LogP contribution in [0, 0.1) is 5.92 Å². The molecular weight excluding hydrogens is 194 g/mol. The van der Waals surface area contributed by atoms with E-state index in [1.165, 1.54) is 0 Å². The van der Waals surface area contributed by atoms with E-state index in [1.54, 1.807) is 22.9 Å². The molecule has 0 fully saturated rings. The van der Waals surface area contributed by atoms with Crippen LogP contribution in [0.1, 0.15) is 24.3 Å². The van der Waals surface area contributed by atoms with Gasteiger partial charge in [0.05, 0.1) is 12.3 Å². The molecule has 0 spiro atoms. The van der Waals surface area contributed by atoms with E-state index in [0.717, 1.165) is 6.29 Å². The molecule has 4 nitrogen and oxygen atoms in total. The van der Waals surface area contributed by atoms with Gasteiger partial charge in [-0.1, -0.05) is 13.8 Å². The van der Waals surface area contributed by atoms with Gasteiger partial charge in [0.1, 0.15) is 6.54 Å². The number of ether oxygens (including phenoxy) is 1. The minimum Gasteiger partial charge on any atom is -0.464 e. The van der Waals surface area contributed by atoms with Crippen molar-refractivity contribution in [3.8, 4) is 0 Å². The third-order valence-electron chi connectivity index (χ3n) is 1.86. The van der Waals surface area contributed by atoms with E-state index in [-0.39, 0.29) is 12.5 Å². The fourth-order valence-electron chi connectivity index (χ4n) is 1.12. The van der Waals surface area contributed by atoms with Crippen LogP contribution in [0.25, 0.3) is 0 Å². The van der Waals surface area contributed by atoms with Crippen LogP contribution in [0.15, 0.2) is 18.3 Å². The molecule has 1 aromatic heterocycles. The van der Waals surface area contributed by atoms with Crippen LogP contribution in [-0.2, 0) is 16.1 Å². The summed E-state index contributed by atoms with van der Waals surface area (Å²) in [4.78, 5) is 21.9. The lowest BCUT2D eigenvalue weighted by atomic mass is 10.2. The van der Waals surface area contributed by atoms with Crippen LogP contribution in [0.4, 0.5) is 0 Å². The van der Waals surface area contributed by atoms with Gasteiger partial charge < -0.3 is 9.30 Å². The first kappa shape index (κ1) is 11.5. The normalized spacial score (nSPS) is 10.3. The first-order chi connectivity index (χ1) is 7.13. The van der Waals surface area contributed by atoms with Gasteiger partial charge in [0.15, 0.2) is 6.29 Å². The van der Waals surface area contributed by atoms with Crippen LogP contribution >= 0.6 is 0 Å². The van der Waals surface area contributed by atoms with E-state index >= 15 is 0 Å². The molecule has 0 atom stereocenters. The molecule has 1 aromatic rings. The van der Waals surface area contributed by atoms with Crippen molar-refractivity contribution >= 4 is 12.3 Å². The number of rotatable bonds is 5. The fourth-order valence-corrected chi connectivity index (χ4v) is 1.12. The first-order valence-electron chi connectivity index (χ1n) is 4.89. The van der Waals surface area contributed by atoms with Crippen LogP contribution in [0.5, 0.6) is 0 Å². The minimum atomic E-state index is -0.317. The molecule has 4 heteroatoms. The summed E-state index contributed by atoms with van der Waals surface area (Å²) in [5.41, 5.74) is 0.483. The molecule has 0 saturated heterocycles. The number of hydrogen-bond acceptors (Lipinski definition) is 3. The smallest absolute Gasteiger partial charge is 0.325 e. The summed E-state index contributed by atoms with van der Waals surface area (Å²) in [5.74, 6) is 0.00662. The van der Waals surface area contributed by atoms with Crippen molar-refractivity contribution in [3.63, 3.8) is 0 Å². The van der Waals surface area contributed by atoms with Crippen molar-refractivity contribution in [2.45, 2.75) is 20.4 Å². The summed E-state index contributed by atoms with van der Waals surface area (Å²) >= 11 is 0. The van der Waals surface area contributed by atoms with Crippen molar-refractivity contribution in [3.05, 3.63) is 24.0 Å². The lowest BCUT2D eigenvalue weighted by molar-refractivity contribution is -0.145. The predicted octanol–water partition coefficient (Wildman–Crippen LogP) is 1.50. The van der Waals surface area contributed by atoms with Crippen molar-refractivity contribution in [2.75, 3.05) is 6.61 Å². The van der Waals surface area contributed by atoms with Gasteiger partial charge in [-0.3, -0.25) is 9.59 Å². The van der Waals surface area contributed by atoms with Gasteiger partial charge in [0.2, 0.25) is 0 Å². The van der Waals surface area contributed by atoms with Crippen molar-refractivity contribution in [2.24, 2.45) is 5.92 Å². The number of carbonyl (C=O) groups is 2. The third kappa shape index (κ3) is 3.58. The lowest BCUT2D eigenvalue weighted by Gasteiger charge is -2.08. The molecule has 0 bridgehead atoms. The third-order valence-corrected chi connectivity index (χ3v) is 1.86. The number of hydrogen-bond donors (Lipinski definition) is 0. The maximum absolute atomic E-state index is 11.3. The van der Waals surface area contributed by atoms with E-state index < -0.39 is 0 Å². The monoisotopic (exact) mass is 209 g/mol. The highest BCUT2D eigenvalue weighted by molar-refractivity contribution is 5.75. The van der Waals surface area contributed by atoms with Gasteiger partial charge in [-0.15, -0.1) is 0 Å². The summed E-state index contributed by atoms with van der Waals surface area (Å²) < 4.78 is 6.57. The molecule has 0 aliphatic heterocycles. The number of aromatic nitrogens is 1. The van der Waals surface area contributed by atoms with Crippen molar-refractivity contribution < 1.29 is 14.3 Å². The number of esters is 1. The lowest BCUT2D eigenvalue weighted by Crippen LogP contribution is -2.16. The zero-order valence-corrected chi connectivity index (χ0v) is 8.97. The molecule has 15 heavy (non-hydrogen) atoms. The van der Waals surface area contributed by atoms with Crippen molar-refractivity contribution in [1.82, 2.24) is 4.57 Å². The zero-order valence-electron chi connectivity index (χ0n) is 8.97. The molecule has 0 radical (unpaired) electrons. The van der Waals surface area contributed by atoms with E-state index in [2.05, 4.69) is 0 Å². The summed E-state index contributed by atoms with van der Waals surface area (Å²) in [5, 5.41) is 0. The molecule has 0 saturated carbocycles. The molecule has 0 aromatic carbocycles. The van der Waals surface area contributed by atoms with E-state index in [4.69, 9.17) is 4.74 Å². The van der Waals surface area contributed by atoms with Crippen molar-refractivity contribution in [1.29, 1.82) is 0 Å². The van der Waals surface area contributed by atoms with Crippen LogP contribution in [-0.4, -0.2) is 23.4 Å². The quantitative estimate of drug-likeness (QED) is 0.545. The highest BCUT2D eigenvalue weighted by Gasteiger charge is 2.07. The average Bonchev–Trinajstić information content (AvgIpc) is 2.62. The summed E-state index contributed by atoms with van der Waals surface area (Å²) in [7, 11) is 0. The van der Waals surface area contributed by atoms with E-state index in [1.807, 2.05) is 13.8 Å². The summed E-state index contributed by atoms with van der Waals surface area (Å²) in [6.45, 7) is 4.45. The average molecular weight is 209 g/mol. The molecule has 0 unspecified atom stereocenters. The van der Waals surface area contributed by atoms with Crippen LogP contribution in [0.3, 0.4) is 0 Å². The molecule has 0 aliphatic carbocycles. The van der Waals surface area contributed by atoms with Gasteiger partial charge in [0, 0.05) is 6.20 Å². The maximum atomic E-state index is 11.3. The second-order valence-electron chi connectivity index (χ2n) is 3.76. The largest absolute Gasteiger partial charge is 0.464 e. The predicted molar refractivity (Wildman–Crippen MR) is 55.6 cm³/mol. The Bertz CT molecular complexity index is 341. The molecule has 0 aliphatic rings. The Morgan fingerprint density at radius 2 is 2.33 bits per heavy atom. The second kappa shape index (κ2) is 5.34. The number of aldehydes is 1. The minimum absolute atomic E-state index is 0.0911. The SMILES string of the molecule is CC(C)COC(=O)Cn1cccc1C=O. The molecule has 0 amide bonds. The van der Waals surface area contributed by atoms with E-state index in [0.29, 0.717) is 18.2 Å². The van der Waals surface area contributed by atoms with Gasteiger partial charge in [-0.25, -0.2) is 0 Å². The maximum Gasteiger partial charge on any atom is 0.325 e. The Labute approximate surface area is 88.8 Å². The Balaban J connectivity index is 2.47. The molecule has 1 rings (SSSR count). The molecule has 82 valence electrons. The highest BCUT2D eigenvalue weighted by Crippen LogP contribution is 2.00. The molecule has 0 N–H and O–H groups in total. The molecule has 1 heterocycles. The fraction of sp³-hybridized carbons (Fsp3) is 0.455. The molecular formula is C11H15NO3. The van der Waals surface area contributed by atoms with Gasteiger partial charge in [-0.2, -0.15) is 0 Å². The Kier molecular flexibility index (Phi) is 4.09. The summed E-state index contributed by atoms with van der Waals surface area (Å²) in [6.07, 6.45) is 2.40. The number of nitrogens with zero attached hydrogens (tertiary/aromatic N) is 1. The Morgan fingerprint density at radius 3 is 2.93 bits per heavy atom. The standard InChI is InChI=1S/C11H15NO3/c1-9(2)8-15-11(14)6-12-5-3-4-10(12)7-13/h3-5,7,9H,6,8H2,1-2H3. The highest BCUT2D eigenvalue weighted by atomic mass is 16.5. The summed E-state index contributed by atoms with van der Waals surface area (Å²) in [6, 6.07) is 3.38. The second-order valence-corrected chi connectivity index (χ2v) is 3.76. The Morgan fingerprint density at radius 1 is 1.60 bits per heavy atom.